The highest BCUT2D eigenvalue weighted by Crippen LogP contribution is 2.28. The summed E-state index contributed by atoms with van der Waals surface area (Å²) in [6.07, 6.45) is 0. The van der Waals surface area contributed by atoms with Gasteiger partial charge in [-0.3, -0.25) is 4.79 Å². The van der Waals surface area contributed by atoms with E-state index in [2.05, 4.69) is 28.2 Å². The summed E-state index contributed by atoms with van der Waals surface area (Å²) in [6, 6.07) is 0. The first-order valence-electron chi connectivity index (χ1n) is 3.55. The van der Waals surface area contributed by atoms with Gasteiger partial charge < -0.3 is 10.1 Å². The molecule has 0 radical (unpaired) electrons. The molecule has 2 fully saturated rings. The van der Waals surface area contributed by atoms with E-state index in [0.29, 0.717) is 6.61 Å². The molecule has 0 aromatic carbocycles. The van der Waals surface area contributed by atoms with E-state index in [0.717, 1.165) is 19.7 Å². The maximum absolute atomic E-state index is 11.2. The maximum atomic E-state index is 11.2. The van der Waals surface area contributed by atoms with Gasteiger partial charge in [0.25, 0.3) is 0 Å². The molecule has 5 heteroatoms. The summed E-state index contributed by atoms with van der Waals surface area (Å²) < 4.78 is 7.31. The smallest absolute Gasteiger partial charge is 0.245 e. The summed E-state index contributed by atoms with van der Waals surface area (Å²) in [4.78, 5) is 11.2. The molecule has 1 spiro atoms. The zero-order valence-corrected chi connectivity index (χ0v) is 8.13. The Balaban J connectivity index is 2.15. The molecular formula is C6H9IN2O2. The molecule has 2 heterocycles. The van der Waals surface area contributed by atoms with Crippen molar-refractivity contribution in [2.75, 3.05) is 26.3 Å². The molecule has 2 aliphatic rings. The molecule has 0 saturated carbocycles. The molecule has 2 saturated heterocycles. The molecule has 1 N–H and O–H groups in total. The third-order valence-corrected chi connectivity index (χ3v) is 3.61. The van der Waals surface area contributed by atoms with E-state index in [4.69, 9.17) is 4.74 Å². The quantitative estimate of drug-likeness (QED) is 0.367. The molecule has 0 aromatic rings. The predicted molar refractivity (Wildman–Crippen MR) is 47.3 cm³/mol. The monoisotopic (exact) mass is 268 g/mol. The van der Waals surface area contributed by atoms with Crippen LogP contribution in [0.2, 0.25) is 0 Å². The Morgan fingerprint density at radius 3 is 2.91 bits per heavy atom. The van der Waals surface area contributed by atoms with Gasteiger partial charge in [0.2, 0.25) is 5.91 Å². The highest BCUT2D eigenvalue weighted by Gasteiger charge is 2.52. The molecule has 4 nitrogen and oxygen atoms in total. The lowest BCUT2D eigenvalue weighted by Gasteiger charge is -2.47. The van der Waals surface area contributed by atoms with Crippen LogP contribution in [0.3, 0.4) is 0 Å². The molecule has 0 aliphatic carbocycles. The number of hydrogen-bond acceptors (Lipinski definition) is 3. The largest absolute Gasteiger partial charge is 0.378 e. The van der Waals surface area contributed by atoms with Crippen molar-refractivity contribution in [3.05, 3.63) is 0 Å². The average molecular weight is 268 g/mol. The molecule has 1 amide bonds. The van der Waals surface area contributed by atoms with Gasteiger partial charge in [0.1, 0.15) is 5.54 Å². The van der Waals surface area contributed by atoms with Crippen LogP contribution in [0.5, 0.6) is 0 Å². The molecule has 2 rings (SSSR count). The van der Waals surface area contributed by atoms with Gasteiger partial charge in [0.05, 0.1) is 13.2 Å². The van der Waals surface area contributed by atoms with E-state index in [9.17, 15) is 4.79 Å². The molecular weight excluding hydrogens is 259 g/mol. The number of halogens is 1. The fourth-order valence-corrected chi connectivity index (χ4v) is 2.07. The first kappa shape index (κ1) is 7.75. The van der Waals surface area contributed by atoms with Crippen molar-refractivity contribution in [1.82, 2.24) is 8.43 Å². The van der Waals surface area contributed by atoms with E-state index >= 15 is 0 Å². The van der Waals surface area contributed by atoms with Crippen LogP contribution in [-0.2, 0) is 9.53 Å². The molecule has 62 valence electrons. The van der Waals surface area contributed by atoms with Crippen LogP contribution in [0.4, 0.5) is 0 Å². The Hall–Kier alpha value is 0.120. The number of amides is 1. The Morgan fingerprint density at radius 2 is 2.55 bits per heavy atom. The Kier molecular flexibility index (Phi) is 1.81. The maximum Gasteiger partial charge on any atom is 0.245 e. The zero-order chi connectivity index (χ0) is 7.90. The van der Waals surface area contributed by atoms with Gasteiger partial charge in [-0.25, -0.2) is 3.11 Å². The van der Waals surface area contributed by atoms with Crippen LogP contribution in [-0.4, -0.2) is 40.9 Å². The second kappa shape index (κ2) is 2.56. The molecule has 1 atom stereocenters. The summed E-state index contributed by atoms with van der Waals surface area (Å²) in [5.41, 5.74) is -0.335. The number of β-lactam (4-membered cyclic amide) rings is 1. The number of nitrogens with zero attached hydrogens (tertiary/aromatic N) is 1. The third-order valence-electron chi connectivity index (χ3n) is 2.20. The van der Waals surface area contributed by atoms with Crippen LogP contribution in [0.25, 0.3) is 0 Å². The first-order chi connectivity index (χ1) is 5.26. The number of ether oxygens (including phenoxy) is 1. The Labute approximate surface area is 78.8 Å². The van der Waals surface area contributed by atoms with Gasteiger partial charge in [0, 0.05) is 36.0 Å². The van der Waals surface area contributed by atoms with Crippen molar-refractivity contribution < 1.29 is 9.53 Å². The van der Waals surface area contributed by atoms with Crippen molar-refractivity contribution in [1.29, 1.82) is 0 Å². The van der Waals surface area contributed by atoms with Gasteiger partial charge in [-0.2, -0.15) is 0 Å². The van der Waals surface area contributed by atoms with Crippen molar-refractivity contribution in [3.63, 3.8) is 0 Å². The van der Waals surface area contributed by atoms with Gasteiger partial charge in [0.15, 0.2) is 0 Å². The minimum Gasteiger partial charge on any atom is -0.378 e. The van der Waals surface area contributed by atoms with Crippen LogP contribution in [0, 0.1) is 0 Å². The predicted octanol–water partition coefficient (Wildman–Crippen LogP) is -0.463. The van der Waals surface area contributed by atoms with E-state index in [1.165, 1.54) is 0 Å². The minimum absolute atomic E-state index is 0.103. The first-order valence-corrected chi connectivity index (χ1v) is 4.52. The van der Waals surface area contributed by atoms with Crippen molar-refractivity contribution in [2.24, 2.45) is 0 Å². The molecule has 1 unspecified atom stereocenters. The number of carbonyl (C=O) groups is 1. The average Bonchev–Trinajstić information content (AvgIpc) is 2.03. The van der Waals surface area contributed by atoms with Crippen LogP contribution >= 0.6 is 22.9 Å². The summed E-state index contributed by atoms with van der Waals surface area (Å²) in [5.74, 6) is 0.103. The normalized spacial score (nSPS) is 38.5. The lowest BCUT2D eigenvalue weighted by Crippen LogP contribution is -2.74. The number of carbonyl (C=O) groups excluding carboxylic acids is 1. The third kappa shape index (κ3) is 0.978. The van der Waals surface area contributed by atoms with Crippen LogP contribution < -0.4 is 5.32 Å². The van der Waals surface area contributed by atoms with Crippen molar-refractivity contribution in [3.8, 4) is 0 Å². The minimum atomic E-state index is -0.335. The summed E-state index contributed by atoms with van der Waals surface area (Å²) in [5, 5.41) is 2.73. The number of morpholine rings is 1. The summed E-state index contributed by atoms with van der Waals surface area (Å²) >= 11 is 2.19. The standard InChI is InChI=1S/C6H9IN2O2/c7-9-1-2-11-4-6(9)3-8-5(6)10/h1-4H2,(H,8,10). The number of nitrogens with one attached hydrogen (secondary N) is 1. The van der Waals surface area contributed by atoms with E-state index in [-0.39, 0.29) is 11.4 Å². The highest BCUT2D eigenvalue weighted by molar-refractivity contribution is 14.1. The Bertz CT molecular complexity index is 199. The number of rotatable bonds is 0. The fourth-order valence-electron chi connectivity index (χ4n) is 1.35. The molecule has 0 aromatic heterocycles. The lowest BCUT2D eigenvalue weighted by atomic mass is 9.91. The summed E-state index contributed by atoms with van der Waals surface area (Å²) in [6.45, 7) is 2.85. The fraction of sp³-hybridized carbons (Fsp3) is 0.833. The van der Waals surface area contributed by atoms with E-state index in [1.807, 2.05) is 3.11 Å². The highest BCUT2D eigenvalue weighted by atomic mass is 127. The van der Waals surface area contributed by atoms with E-state index < -0.39 is 0 Å². The number of hydrogen-bond donors (Lipinski definition) is 1. The molecule has 0 bridgehead atoms. The van der Waals surface area contributed by atoms with Gasteiger partial charge >= 0.3 is 0 Å². The topological polar surface area (TPSA) is 41.6 Å². The van der Waals surface area contributed by atoms with Crippen molar-refractivity contribution >= 4 is 28.8 Å². The second-order valence-corrected chi connectivity index (χ2v) is 4.02. The second-order valence-electron chi connectivity index (χ2n) is 2.85. The van der Waals surface area contributed by atoms with E-state index in [1.54, 1.807) is 0 Å². The lowest BCUT2D eigenvalue weighted by molar-refractivity contribution is -0.147. The van der Waals surface area contributed by atoms with Gasteiger partial charge in [-0.15, -0.1) is 0 Å². The van der Waals surface area contributed by atoms with Crippen LogP contribution in [0.1, 0.15) is 0 Å². The molecule has 11 heavy (non-hydrogen) atoms. The van der Waals surface area contributed by atoms with Crippen LogP contribution in [0.15, 0.2) is 0 Å². The SMILES string of the molecule is O=C1NCC12COCCN2I. The Morgan fingerprint density at radius 1 is 1.73 bits per heavy atom. The van der Waals surface area contributed by atoms with Crippen molar-refractivity contribution in [2.45, 2.75) is 5.54 Å². The molecule has 2 aliphatic heterocycles. The summed E-state index contributed by atoms with van der Waals surface area (Å²) in [7, 11) is 0. The zero-order valence-electron chi connectivity index (χ0n) is 5.97. The van der Waals surface area contributed by atoms with Gasteiger partial charge in [-0.1, -0.05) is 0 Å². The van der Waals surface area contributed by atoms with Gasteiger partial charge in [-0.05, 0) is 0 Å².